The average Bonchev–Trinajstić information content (AvgIpc) is 3.72. The number of rotatable bonds is 11. The number of nitrogens with zero attached hydrogens (tertiary/aromatic N) is 1. The number of aliphatic carboxylic acids is 1. The molecule has 2 aliphatic carbocycles. The van der Waals surface area contributed by atoms with Gasteiger partial charge in [0.2, 0.25) is 11.5 Å². The Morgan fingerprint density at radius 1 is 0.852 bits per heavy atom. The average molecular weight is 745 g/mol. The van der Waals surface area contributed by atoms with Crippen molar-refractivity contribution in [2.75, 3.05) is 26.0 Å². The maximum Gasteiger partial charge on any atom is 0.305 e. The van der Waals surface area contributed by atoms with Crippen LogP contribution in [0.5, 0.6) is 11.5 Å². The van der Waals surface area contributed by atoms with Crippen molar-refractivity contribution in [1.82, 2.24) is 4.90 Å². The fourth-order valence-electron chi connectivity index (χ4n) is 7.59. The number of furan rings is 2. The van der Waals surface area contributed by atoms with E-state index in [4.69, 9.17) is 18.7 Å². The number of hydrogen-bond donors (Lipinski definition) is 3. The Balaban J connectivity index is 0.000000219. The SMILES string of the molecule is COc1c(C(Nc2ccc(C(=O)N(C)CCC(=O)O)cc2)C2CCCCC2)oc2ccc(F)cc12.O=C(c1oc2ccc(F)cc2c1O)C1CCCCC1. The zero-order chi connectivity index (χ0) is 38.4. The number of amides is 1. The van der Waals surface area contributed by atoms with Crippen molar-refractivity contribution in [1.29, 1.82) is 0 Å². The van der Waals surface area contributed by atoms with Crippen molar-refractivity contribution in [2.24, 2.45) is 11.8 Å². The van der Waals surface area contributed by atoms with Gasteiger partial charge in [0.15, 0.2) is 17.3 Å². The molecule has 0 bridgehead atoms. The van der Waals surface area contributed by atoms with E-state index in [-0.39, 0.29) is 59.3 Å². The van der Waals surface area contributed by atoms with Crippen LogP contribution >= 0.6 is 0 Å². The molecule has 2 aliphatic rings. The third-order valence-corrected chi connectivity index (χ3v) is 10.5. The number of nitrogens with one attached hydrogen (secondary N) is 1. The number of carbonyl (C=O) groups excluding carboxylic acids is 2. The Morgan fingerprint density at radius 2 is 1.44 bits per heavy atom. The lowest BCUT2D eigenvalue weighted by Gasteiger charge is -2.31. The number of benzene rings is 3. The number of ether oxygens (including phenoxy) is 1. The molecule has 2 saturated carbocycles. The zero-order valence-corrected chi connectivity index (χ0v) is 30.5. The molecule has 0 spiro atoms. The van der Waals surface area contributed by atoms with Gasteiger partial charge in [0, 0.05) is 30.8 Å². The summed E-state index contributed by atoms with van der Waals surface area (Å²) < 4.78 is 44.4. The number of aromatic hydroxyl groups is 1. The molecule has 1 unspecified atom stereocenters. The van der Waals surface area contributed by atoms with E-state index in [0.717, 1.165) is 63.5 Å². The van der Waals surface area contributed by atoms with Crippen molar-refractivity contribution in [3.63, 3.8) is 0 Å². The first-order valence-electron chi connectivity index (χ1n) is 18.6. The molecule has 10 nitrogen and oxygen atoms in total. The Labute approximate surface area is 312 Å². The Bertz CT molecular complexity index is 2090. The number of halogens is 2. The predicted octanol–water partition coefficient (Wildman–Crippen LogP) is 9.90. The molecule has 3 N–H and O–H groups in total. The number of carboxylic acids is 1. The lowest BCUT2D eigenvalue weighted by molar-refractivity contribution is -0.137. The van der Waals surface area contributed by atoms with Crippen molar-refractivity contribution in [3.8, 4) is 11.5 Å². The first-order valence-corrected chi connectivity index (χ1v) is 18.6. The van der Waals surface area contributed by atoms with Gasteiger partial charge in [0.1, 0.15) is 22.8 Å². The number of Topliss-reactive ketones (excluding diaryl/α,β-unsaturated/α-hetero) is 1. The molecule has 1 atom stereocenters. The number of hydrogen-bond acceptors (Lipinski definition) is 8. The molecule has 1 amide bonds. The van der Waals surface area contributed by atoms with Crippen LogP contribution in [0.1, 0.15) is 103 Å². The summed E-state index contributed by atoms with van der Waals surface area (Å²) in [7, 11) is 3.16. The van der Waals surface area contributed by atoms with Crippen LogP contribution in [0.15, 0.2) is 69.5 Å². The monoisotopic (exact) mass is 744 g/mol. The van der Waals surface area contributed by atoms with E-state index in [1.807, 2.05) is 12.1 Å². The maximum absolute atomic E-state index is 13.9. The van der Waals surface area contributed by atoms with E-state index in [9.17, 15) is 28.3 Å². The van der Waals surface area contributed by atoms with Gasteiger partial charge in [-0.1, -0.05) is 38.5 Å². The number of carbonyl (C=O) groups is 3. The number of ketones is 1. The van der Waals surface area contributed by atoms with E-state index < -0.39 is 11.8 Å². The standard InChI is InChI=1S/C27H31FN2O5.C15H15FO3/c1-30(15-14-23(31)32)27(33)18-8-11-20(12-9-18)29-24(17-6-4-3-5-7-17)26-25(34-2)21-16-19(28)10-13-22(21)35-26;16-10-6-7-12-11(8-10)14(18)15(19-12)13(17)9-4-2-1-3-5-9/h8-13,16-17,24,29H,3-7,14-15H2,1-2H3,(H,31,32);6-9,18H,1-5H2. The highest BCUT2D eigenvalue weighted by atomic mass is 19.1. The van der Waals surface area contributed by atoms with Gasteiger partial charge in [-0.2, -0.15) is 0 Å². The molecular weight excluding hydrogens is 698 g/mol. The fourth-order valence-corrected chi connectivity index (χ4v) is 7.59. The molecule has 3 aromatic carbocycles. The van der Waals surface area contributed by atoms with Crippen LogP contribution in [0.3, 0.4) is 0 Å². The summed E-state index contributed by atoms with van der Waals surface area (Å²) >= 11 is 0. The van der Waals surface area contributed by atoms with Crippen LogP contribution in [-0.4, -0.2) is 53.5 Å². The largest absolute Gasteiger partial charge is 0.504 e. The van der Waals surface area contributed by atoms with Crippen molar-refractivity contribution in [2.45, 2.75) is 76.7 Å². The first kappa shape index (κ1) is 38.3. The zero-order valence-electron chi connectivity index (χ0n) is 30.5. The highest BCUT2D eigenvalue weighted by Crippen LogP contribution is 2.44. The molecule has 2 fully saturated rings. The highest BCUT2D eigenvalue weighted by Gasteiger charge is 2.32. The van der Waals surface area contributed by atoms with E-state index in [1.165, 1.54) is 41.7 Å². The Kier molecular flexibility index (Phi) is 12.2. The second-order valence-corrected chi connectivity index (χ2v) is 14.2. The van der Waals surface area contributed by atoms with Crippen molar-refractivity contribution < 1.29 is 46.9 Å². The molecule has 5 aromatic rings. The van der Waals surface area contributed by atoms with Crippen LogP contribution < -0.4 is 10.1 Å². The molecule has 286 valence electrons. The summed E-state index contributed by atoms with van der Waals surface area (Å²) in [5.74, 6) is -0.977. The topological polar surface area (TPSA) is 142 Å². The number of anilines is 1. The third kappa shape index (κ3) is 8.69. The van der Waals surface area contributed by atoms with Gasteiger partial charge >= 0.3 is 5.97 Å². The smallest absolute Gasteiger partial charge is 0.305 e. The van der Waals surface area contributed by atoms with Gasteiger partial charge in [-0.05, 0) is 92.3 Å². The highest BCUT2D eigenvalue weighted by molar-refractivity contribution is 6.03. The van der Waals surface area contributed by atoms with Gasteiger partial charge < -0.3 is 34.0 Å². The lowest BCUT2D eigenvalue weighted by atomic mass is 9.82. The molecule has 2 heterocycles. The van der Waals surface area contributed by atoms with E-state index in [1.54, 1.807) is 32.4 Å². The van der Waals surface area contributed by atoms with E-state index >= 15 is 0 Å². The maximum atomic E-state index is 13.9. The lowest BCUT2D eigenvalue weighted by Crippen LogP contribution is -2.29. The van der Waals surface area contributed by atoms with Gasteiger partial charge in [0.25, 0.3) is 5.91 Å². The van der Waals surface area contributed by atoms with Crippen LogP contribution in [-0.2, 0) is 4.79 Å². The summed E-state index contributed by atoms with van der Waals surface area (Å²) in [5, 5.41) is 23.3. The minimum atomic E-state index is -0.943. The number of fused-ring (bicyclic) bond motifs is 2. The molecule has 0 saturated heterocycles. The third-order valence-electron chi connectivity index (χ3n) is 10.5. The molecule has 7 rings (SSSR count). The van der Waals surface area contributed by atoms with Crippen LogP contribution in [0.25, 0.3) is 21.9 Å². The minimum absolute atomic E-state index is 0.0208. The Morgan fingerprint density at radius 3 is 2.06 bits per heavy atom. The van der Waals surface area contributed by atoms with Crippen LogP contribution in [0.2, 0.25) is 0 Å². The van der Waals surface area contributed by atoms with Crippen LogP contribution in [0.4, 0.5) is 14.5 Å². The van der Waals surface area contributed by atoms with Crippen molar-refractivity contribution >= 4 is 45.3 Å². The molecule has 2 aromatic heterocycles. The normalized spacial score (nSPS) is 15.7. The molecule has 12 heteroatoms. The Hall–Kier alpha value is -5.39. The van der Waals surface area contributed by atoms with Crippen LogP contribution in [0, 0.1) is 23.5 Å². The first-order chi connectivity index (χ1) is 26.0. The summed E-state index contributed by atoms with van der Waals surface area (Å²) in [6, 6.07) is 15.2. The predicted molar refractivity (Wildman–Crippen MR) is 200 cm³/mol. The second-order valence-electron chi connectivity index (χ2n) is 14.2. The molecule has 0 radical (unpaired) electrons. The van der Waals surface area contributed by atoms with Gasteiger partial charge in [0.05, 0.1) is 30.3 Å². The summed E-state index contributed by atoms with van der Waals surface area (Å²) in [6.07, 6.45) is 10.3. The number of methoxy groups -OCH3 is 1. The summed E-state index contributed by atoms with van der Waals surface area (Å²) in [5.41, 5.74) is 2.22. The summed E-state index contributed by atoms with van der Waals surface area (Å²) in [4.78, 5) is 37.1. The van der Waals surface area contributed by atoms with Gasteiger partial charge in [-0.25, -0.2) is 8.78 Å². The number of carboxylic acid groups (broad SMARTS) is 1. The fraction of sp³-hybridized carbons (Fsp3) is 0.405. The van der Waals surface area contributed by atoms with Gasteiger partial charge in [-0.3, -0.25) is 14.4 Å². The molecule has 0 aliphatic heterocycles. The quantitative estimate of drug-likeness (QED) is 0.113. The van der Waals surface area contributed by atoms with Gasteiger partial charge in [-0.15, -0.1) is 0 Å². The van der Waals surface area contributed by atoms with E-state index in [2.05, 4.69) is 5.32 Å². The molecule has 54 heavy (non-hydrogen) atoms. The molecular formula is C42H46F2N2O8. The van der Waals surface area contributed by atoms with Crippen molar-refractivity contribution in [3.05, 3.63) is 89.4 Å². The second kappa shape index (κ2) is 17.2. The minimum Gasteiger partial charge on any atom is -0.504 e. The summed E-state index contributed by atoms with van der Waals surface area (Å²) in [6.45, 7) is 0.143. The van der Waals surface area contributed by atoms with E-state index in [0.29, 0.717) is 39.5 Å².